The van der Waals surface area contributed by atoms with Crippen LogP contribution in [0.4, 0.5) is 4.39 Å². The minimum atomic E-state index is -1.43. The van der Waals surface area contributed by atoms with Crippen LogP contribution in [0.25, 0.3) is 0 Å². The van der Waals surface area contributed by atoms with Crippen molar-refractivity contribution < 1.29 is 14.2 Å². The Morgan fingerprint density at radius 3 is 2.33 bits per heavy atom. The highest BCUT2D eigenvalue weighted by molar-refractivity contribution is 6.11. The van der Waals surface area contributed by atoms with E-state index in [2.05, 4.69) is 0 Å². The van der Waals surface area contributed by atoms with Gasteiger partial charge in [-0.2, -0.15) is 0 Å². The fourth-order valence-electron chi connectivity index (χ4n) is 0.857. The molecule has 9 heavy (non-hydrogen) atoms. The van der Waals surface area contributed by atoms with Crippen molar-refractivity contribution in [2.24, 2.45) is 0 Å². The molecule has 50 valence electrons. The molecule has 1 saturated heterocycles. The summed E-state index contributed by atoms with van der Waals surface area (Å²) in [5.74, 6) is 0. The fourth-order valence-corrected chi connectivity index (χ4v) is 0.857. The molecule has 2 nitrogen and oxygen atoms in total. The van der Waals surface area contributed by atoms with Crippen LogP contribution in [0.3, 0.4) is 0 Å². The standard InChI is InChI=1S/C5H8BFO2/c1-2-4(8)3(7)5(6)9-2/h2-5,8H,1H3. The van der Waals surface area contributed by atoms with Crippen molar-refractivity contribution in [2.45, 2.75) is 31.3 Å². The quantitative estimate of drug-likeness (QED) is 0.452. The summed E-state index contributed by atoms with van der Waals surface area (Å²) in [6, 6.07) is -0.949. The van der Waals surface area contributed by atoms with Gasteiger partial charge in [0.2, 0.25) is 0 Å². The summed E-state index contributed by atoms with van der Waals surface area (Å²) in [4.78, 5) is 0. The molecule has 0 aromatic rings. The Balaban J connectivity index is 2.54. The van der Waals surface area contributed by atoms with E-state index in [-0.39, 0.29) is 0 Å². The first-order chi connectivity index (χ1) is 4.13. The topological polar surface area (TPSA) is 29.5 Å². The van der Waals surface area contributed by atoms with E-state index in [1.54, 1.807) is 6.92 Å². The third kappa shape index (κ3) is 1.09. The van der Waals surface area contributed by atoms with Crippen LogP contribution in [0.5, 0.6) is 0 Å². The lowest BCUT2D eigenvalue weighted by Crippen LogP contribution is -2.27. The van der Waals surface area contributed by atoms with Crippen molar-refractivity contribution in [2.75, 3.05) is 0 Å². The molecule has 1 aliphatic heterocycles. The third-order valence-electron chi connectivity index (χ3n) is 1.49. The minimum Gasteiger partial charge on any atom is -0.387 e. The molecule has 4 unspecified atom stereocenters. The first kappa shape index (κ1) is 7.03. The van der Waals surface area contributed by atoms with Crippen molar-refractivity contribution >= 4 is 7.85 Å². The lowest BCUT2D eigenvalue weighted by molar-refractivity contribution is 0.0430. The van der Waals surface area contributed by atoms with E-state index in [9.17, 15) is 4.39 Å². The molecule has 1 N–H and O–H groups in total. The largest absolute Gasteiger partial charge is 0.387 e. The van der Waals surface area contributed by atoms with Crippen LogP contribution in [0, 0.1) is 0 Å². The van der Waals surface area contributed by atoms with Gasteiger partial charge in [-0.3, -0.25) is 0 Å². The number of ether oxygens (including phenoxy) is 1. The highest BCUT2D eigenvalue weighted by atomic mass is 19.1. The van der Waals surface area contributed by atoms with E-state index < -0.39 is 24.4 Å². The molecular formula is C5H8BFO2. The number of hydrogen-bond acceptors (Lipinski definition) is 2. The first-order valence-electron chi connectivity index (χ1n) is 2.86. The predicted octanol–water partition coefficient (Wildman–Crippen LogP) is -0.401. The summed E-state index contributed by atoms with van der Waals surface area (Å²) in [5.41, 5.74) is 0. The Hall–Kier alpha value is -0.0851. The zero-order valence-electron chi connectivity index (χ0n) is 5.12. The van der Waals surface area contributed by atoms with Crippen molar-refractivity contribution in [3.05, 3.63) is 0 Å². The number of aliphatic hydroxyl groups is 1. The van der Waals surface area contributed by atoms with Crippen LogP contribution in [0.2, 0.25) is 0 Å². The monoisotopic (exact) mass is 130 g/mol. The second kappa shape index (κ2) is 2.27. The smallest absolute Gasteiger partial charge is 0.146 e. The molecule has 0 spiro atoms. The summed E-state index contributed by atoms with van der Waals surface area (Å²) in [6.07, 6.45) is -2.96. The molecule has 1 aliphatic rings. The van der Waals surface area contributed by atoms with Gasteiger partial charge >= 0.3 is 0 Å². The fraction of sp³-hybridized carbons (Fsp3) is 1.00. The molecule has 0 aromatic heterocycles. The molecule has 4 heteroatoms. The minimum absolute atomic E-state index is 0.477. The van der Waals surface area contributed by atoms with Crippen LogP contribution >= 0.6 is 0 Å². The van der Waals surface area contributed by atoms with E-state index in [4.69, 9.17) is 17.7 Å². The lowest BCUT2D eigenvalue weighted by Gasteiger charge is -2.06. The number of halogens is 1. The Labute approximate surface area is 54.4 Å². The lowest BCUT2D eigenvalue weighted by atomic mass is 9.94. The van der Waals surface area contributed by atoms with Crippen LogP contribution in [-0.4, -0.2) is 37.3 Å². The Morgan fingerprint density at radius 2 is 2.22 bits per heavy atom. The van der Waals surface area contributed by atoms with Gasteiger partial charge in [0.05, 0.1) is 12.1 Å². The van der Waals surface area contributed by atoms with Gasteiger partial charge in [0.1, 0.15) is 20.1 Å². The third-order valence-corrected chi connectivity index (χ3v) is 1.49. The first-order valence-corrected chi connectivity index (χ1v) is 2.86. The van der Waals surface area contributed by atoms with Gasteiger partial charge < -0.3 is 9.84 Å². The molecule has 1 rings (SSSR count). The summed E-state index contributed by atoms with van der Waals surface area (Å²) in [5, 5.41) is 8.86. The molecule has 0 aliphatic carbocycles. The molecule has 2 radical (unpaired) electrons. The number of aliphatic hydroxyl groups excluding tert-OH is 1. The average Bonchev–Trinajstić information content (AvgIpc) is 1.98. The maximum absolute atomic E-state index is 12.5. The van der Waals surface area contributed by atoms with E-state index >= 15 is 0 Å². The predicted molar refractivity (Wildman–Crippen MR) is 31.0 cm³/mol. The van der Waals surface area contributed by atoms with Crippen molar-refractivity contribution in [1.29, 1.82) is 0 Å². The normalized spacial score (nSPS) is 51.9. The zero-order valence-corrected chi connectivity index (χ0v) is 5.12. The molecule has 0 bridgehead atoms. The molecular weight excluding hydrogens is 122 g/mol. The molecule has 1 fully saturated rings. The van der Waals surface area contributed by atoms with E-state index in [1.165, 1.54) is 0 Å². The zero-order chi connectivity index (χ0) is 7.02. The summed E-state index contributed by atoms with van der Waals surface area (Å²) in [7, 11) is 5.10. The van der Waals surface area contributed by atoms with E-state index in [1.807, 2.05) is 0 Å². The van der Waals surface area contributed by atoms with Gasteiger partial charge in [0.25, 0.3) is 0 Å². The Bertz CT molecular complexity index is 99.1. The molecule has 0 amide bonds. The van der Waals surface area contributed by atoms with Crippen molar-refractivity contribution in [3.63, 3.8) is 0 Å². The Kier molecular flexibility index (Phi) is 1.77. The molecule has 0 aromatic carbocycles. The number of alkyl halides is 1. The number of hydrogen-bond donors (Lipinski definition) is 1. The average molecular weight is 130 g/mol. The summed E-state index contributed by atoms with van der Waals surface area (Å²) >= 11 is 0. The maximum Gasteiger partial charge on any atom is 0.146 e. The van der Waals surface area contributed by atoms with Gasteiger partial charge in [0, 0.05) is 0 Å². The second-order valence-corrected chi connectivity index (χ2v) is 2.24. The van der Waals surface area contributed by atoms with Crippen LogP contribution < -0.4 is 0 Å². The van der Waals surface area contributed by atoms with E-state index in [0.717, 1.165) is 0 Å². The van der Waals surface area contributed by atoms with Crippen molar-refractivity contribution in [1.82, 2.24) is 0 Å². The van der Waals surface area contributed by atoms with Gasteiger partial charge in [-0.05, 0) is 6.92 Å². The molecule has 0 saturated carbocycles. The van der Waals surface area contributed by atoms with Gasteiger partial charge in [-0.25, -0.2) is 4.39 Å². The second-order valence-electron chi connectivity index (χ2n) is 2.24. The maximum atomic E-state index is 12.5. The number of rotatable bonds is 0. The van der Waals surface area contributed by atoms with Crippen LogP contribution in [-0.2, 0) is 4.74 Å². The molecule has 4 atom stereocenters. The Morgan fingerprint density at radius 1 is 1.67 bits per heavy atom. The van der Waals surface area contributed by atoms with E-state index in [0.29, 0.717) is 0 Å². The van der Waals surface area contributed by atoms with Crippen molar-refractivity contribution in [3.8, 4) is 0 Å². The van der Waals surface area contributed by atoms with Gasteiger partial charge in [-0.1, -0.05) is 0 Å². The molecule has 1 heterocycles. The van der Waals surface area contributed by atoms with Crippen LogP contribution in [0.1, 0.15) is 6.92 Å². The SMILES string of the molecule is [B]C1OC(C)C(O)C1F. The summed E-state index contributed by atoms with van der Waals surface area (Å²) < 4.78 is 17.2. The highest BCUT2D eigenvalue weighted by Gasteiger charge is 2.38. The van der Waals surface area contributed by atoms with Gasteiger partial charge in [0.15, 0.2) is 0 Å². The summed E-state index contributed by atoms with van der Waals surface area (Å²) in [6.45, 7) is 1.59. The highest BCUT2D eigenvalue weighted by Crippen LogP contribution is 2.20. The van der Waals surface area contributed by atoms with Crippen LogP contribution in [0.15, 0.2) is 0 Å². The van der Waals surface area contributed by atoms with Gasteiger partial charge in [-0.15, -0.1) is 0 Å².